The first-order chi connectivity index (χ1) is 9.93. The monoisotopic (exact) mass is 312 g/mol. The molecule has 1 aliphatic heterocycles. The molecule has 0 N–H and O–H groups in total. The van der Waals surface area contributed by atoms with Gasteiger partial charge in [0.25, 0.3) is 0 Å². The van der Waals surface area contributed by atoms with Gasteiger partial charge in [0.1, 0.15) is 10.6 Å². The lowest BCUT2D eigenvalue weighted by atomic mass is 9.74. The third kappa shape index (κ3) is 2.42. The maximum atomic E-state index is 13.1. The van der Waals surface area contributed by atoms with Crippen LogP contribution in [0.25, 0.3) is 0 Å². The lowest BCUT2D eigenvalue weighted by Gasteiger charge is -2.46. The van der Waals surface area contributed by atoms with Gasteiger partial charge in [-0.25, -0.2) is 8.42 Å². The Balaban J connectivity index is 1.98. The number of rotatable bonds is 2. The second kappa shape index (κ2) is 5.39. The molecule has 0 radical (unpaired) electrons. The largest absolute Gasteiger partial charge is 0.360 e. The topological polar surface area (TPSA) is 63.4 Å². The normalized spacial score (nSPS) is 31.1. The van der Waals surface area contributed by atoms with Crippen molar-refractivity contribution < 1.29 is 12.9 Å². The molecule has 3 atom stereocenters. The van der Waals surface area contributed by atoms with E-state index < -0.39 is 10.0 Å². The zero-order valence-electron chi connectivity index (χ0n) is 13.0. The van der Waals surface area contributed by atoms with Gasteiger partial charge in [0, 0.05) is 12.6 Å². The minimum Gasteiger partial charge on any atom is -0.360 e. The van der Waals surface area contributed by atoms with Crippen molar-refractivity contribution in [2.45, 2.75) is 63.8 Å². The summed E-state index contributed by atoms with van der Waals surface area (Å²) in [5.41, 5.74) is 0.471. The van der Waals surface area contributed by atoms with E-state index in [1.54, 1.807) is 18.2 Å². The number of hydrogen-bond acceptors (Lipinski definition) is 4. The average Bonchev–Trinajstić information content (AvgIpc) is 2.79. The van der Waals surface area contributed by atoms with Gasteiger partial charge < -0.3 is 4.52 Å². The summed E-state index contributed by atoms with van der Waals surface area (Å²) in [7, 11) is -3.50. The zero-order chi connectivity index (χ0) is 15.2. The highest BCUT2D eigenvalue weighted by molar-refractivity contribution is 7.89. The quantitative estimate of drug-likeness (QED) is 0.842. The van der Waals surface area contributed by atoms with Crippen molar-refractivity contribution in [1.29, 1.82) is 0 Å². The molecular formula is C15H24N2O3S. The number of piperidine rings is 1. The SMILES string of the molecule is Cc1noc(C)c1S(=O)(=O)N1CC[C@H](C)[C@@H]2CCCC[C@H]21. The Morgan fingerprint density at radius 3 is 2.57 bits per heavy atom. The molecule has 0 bridgehead atoms. The number of hydrogen-bond donors (Lipinski definition) is 0. The predicted octanol–water partition coefficient (Wildman–Crippen LogP) is 2.88. The van der Waals surface area contributed by atoms with Crippen LogP contribution in [-0.2, 0) is 10.0 Å². The molecule has 1 saturated carbocycles. The van der Waals surface area contributed by atoms with E-state index >= 15 is 0 Å². The minimum atomic E-state index is -3.50. The first kappa shape index (κ1) is 15.0. The highest BCUT2D eigenvalue weighted by atomic mass is 32.2. The predicted molar refractivity (Wildman–Crippen MR) is 79.4 cm³/mol. The van der Waals surface area contributed by atoms with Crippen molar-refractivity contribution in [3.05, 3.63) is 11.5 Å². The van der Waals surface area contributed by atoms with E-state index in [1.807, 2.05) is 0 Å². The molecule has 6 heteroatoms. The van der Waals surface area contributed by atoms with Crippen molar-refractivity contribution in [3.63, 3.8) is 0 Å². The van der Waals surface area contributed by atoms with Gasteiger partial charge in [0.15, 0.2) is 5.76 Å². The van der Waals surface area contributed by atoms with Gasteiger partial charge in [-0.2, -0.15) is 4.31 Å². The molecule has 1 aromatic rings. The van der Waals surface area contributed by atoms with Gasteiger partial charge >= 0.3 is 0 Å². The van der Waals surface area contributed by atoms with Crippen molar-refractivity contribution in [1.82, 2.24) is 9.46 Å². The molecular weight excluding hydrogens is 288 g/mol. The summed E-state index contributed by atoms with van der Waals surface area (Å²) in [6.07, 6.45) is 5.44. The molecule has 5 nitrogen and oxygen atoms in total. The van der Waals surface area contributed by atoms with Crippen molar-refractivity contribution in [2.75, 3.05) is 6.54 Å². The molecule has 0 amide bonds. The fraction of sp³-hybridized carbons (Fsp3) is 0.800. The van der Waals surface area contributed by atoms with Gasteiger partial charge in [-0.1, -0.05) is 24.9 Å². The van der Waals surface area contributed by atoms with Gasteiger partial charge in [-0.05, 0) is 44.9 Å². The fourth-order valence-corrected chi connectivity index (χ4v) is 6.14. The summed E-state index contributed by atoms with van der Waals surface area (Å²) in [5.74, 6) is 1.52. The van der Waals surface area contributed by atoms with Crippen LogP contribution >= 0.6 is 0 Å². The first-order valence-electron chi connectivity index (χ1n) is 7.87. The van der Waals surface area contributed by atoms with E-state index in [1.165, 1.54) is 6.42 Å². The summed E-state index contributed by atoms with van der Waals surface area (Å²) in [6.45, 7) is 6.27. The molecule has 0 spiro atoms. The second-order valence-electron chi connectivity index (χ2n) is 6.55. The van der Waals surface area contributed by atoms with Gasteiger partial charge in [-0.15, -0.1) is 0 Å². The van der Waals surface area contributed by atoms with Crippen molar-refractivity contribution in [2.24, 2.45) is 11.8 Å². The second-order valence-corrected chi connectivity index (χ2v) is 8.38. The highest BCUT2D eigenvalue weighted by Crippen LogP contribution is 2.41. The Bertz CT molecular complexity index is 603. The van der Waals surface area contributed by atoms with Crippen LogP contribution in [0.4, 0.5) is 0 Å². The van der Waals surface area contributed by atoms with Crippen molar-refractivity contribution >= 4 is 10.0 Å². The molecule has 1 aliphatic carbocycles. The van der Waals surface area contributed by atoms with Crippen LogP contribution < -0.4 is 0 Å². The van der Waals surface area contributed by atoms with Gasteiger partial charge in [0.05, 0.1) is 0 Å². The standard InChI is InChI=1S/C15H24N2O3S/c1-10-8-9-17(14-7-5-4-6-13(10)14)21(18,19)15-11(2)16-20-12(15)3/h10,13-14H,4-9H2,1-3H3/t10-,13-,14+/m0/s1. The van der Waals surface area contributed by atoms with Crippen molar-refractivity contribution in [3.8, 4) is 0 Å². The van der Waals surface area contributed by atoms with E-state index in [4.69, 9.17) is 4.52 Å². The number of fused-ring (bicyclic) bond motifs is 1. The van der Waals surface area contributed by atoms with E-state index in [9.17, 15) is 8.42 Å². The Labute approximate surface area is 126 Å². The summed E-state index contributed by atoms with van der Waals surface area (Å²) in [6, 6.07) is 0.154. The molecule has 2 aliphatic rings. The molecule has 118 valence electrons. The first-order valence-corrected chi connectivity index (χ1v) is 9.31. The molecule has 3 rings (SSSR count). The Morgan fingerprint density at radius 1 is 1.19 bits per heavy atom. The molecule has 2 heterocycles. The number of aromatic nitrogens is 1. The van der Waals surface area contributed by atoms with Crippen LogP contribution in [0.3, 0.4) is 0 Å². The Morgan fingerprint density at radius 2 is 1.90 bits per heavy atom. The van der Waals surface area contributed by atoms with E-state index in [-0.39, 0.29) is 10.9 Å². The molecule has 21 heavy (non-hydrogen) atoms. The molecule has 0 unspecified atom stereocenters. The van der Waals surface area contributed by atoms with Gasteiger partial charge in [-0.3, -0.25) is 0 Å². The maximum absolute atomic E-state index is 13.1. The molecule has 2 fully saturated rings. The maximum Gasteiger partial charge on any atom is 0.248 e. The zero-order valence-corrected chi connectivity index (χ0v) is 13.8. The van der Waals surface area contributed by atoms with E-state index in [0.29, 0.717) is 29.8 Å². The van der Waals surface area contributed by atoms with Crippen LogP contribution in [0.2, 0.25) is 0 Å². The smallest absolute Gasteiger partial charge is 0.248 e. The highest BCUT2D eigenvalue weighted by Gasteiger charge is 2.44. The van der Waals surface area contributed by atoms with Crippen LogP contribution in [0.1, 0.15) is 50.5 Å². The van der Waals surface area contributed by atoms with Crippen LogP contribution in [0.5, 0.6) is 0 Å². The Hall–Kier alpha value is -0.880. The number of aryl methyl sites for hydroxylation is 2. The summed E-state index contributed by atoms with van der Waals surface area (Å²) >= 11 is 0. The third-order valence-electron chi connectivity index (χ3n) is 5.22. The number of sulfonamides is 1. The fourth-order valence-electron chi connectivity index (χ4n) is 4.13. The Kier molecular flexibility index (Phi) is 3.86. The lowest BCUT2D eigenvalue weighted by molar-refractivity contribution is 0.0826. The minimum absolute atomic E-state index is 0.154. The average molecular weight is 312 g/mol. The summed E-state index contributed by atoms with van der Waals surface area (Å²) in [4.78, 5) is 0.279. The number of nitrogens with zero attached hydrogens (tertiary/aromatic N) is 2. The summed E-state index contributed by atoms with van der Waals surface area (Å²) < 4.78 is 33.0. The lowest BCUT2D eigenvalue weighted by Crippen LogP contribution is -2.52. The molecule has 0 aromatic carbocycles. The van der Waals surface area contributed by atoms with Gasteiger partial charge in [0.2, 0.25) is 10.0 Å². The third-order valence-corrected chi connectivity index (χ3v) is 7.39. The van der Waals surface area contributed by atoms with E-state index in [2.05, 4.69) is 12.1 Å². The molecule has 1 saturated heterocycles. The van der Waals surface area contributed by atoms with Crippen LogP contribution in [-0.4, -0.2) is 30.5 Å². The molecule has 1 aromatic heterocycles. The van der Waals surface area contributed by atoms with E-state index in [0.717, 1.165) is 25.7 Å². The van der Waals surface area contributed by atoms with Crippen LogP contribution in [0.15, 0.2) is 9.42 Å². The summed E-state index contributed by atoms with van der Waals surface area (Å²) in [5, 5.41) is 3.82. The van der Waals surface area contributed by atoms with Crippen LogP contribution in [0, 0.1) is 25.7 Å².